The zero-order chi connectivity index (χ0) is 14.1. The first-order chi connectivity index (χ1) is 9.66. The fourth-order valence-electron chi connectivity index (χ4n) is 2.70. The Balaban J connectivity index is 1.61. The summed E-state index contributed by atoms with van der Waals surface area (Å²) in [7, 11) is 0. The van der Waals surface area contributed by atoms with Crippen LogP contribution in [0.1, 0.15) is 23.2 Å². The normalized spacial score (nSPS) is 20.4. The van der Waals surface area contributed by atoms with Crippen molar-refractivity contribution in [3.8, 4) is 0 Å². The van der Waals surface area contributed by atoms with Gasteiger partial charge in [0.15, 0.2) is 0 Å². The molecule has 7 heteroatoms. The molecular weight excluding hydrogens is 262 g/mol. The molecule has 2 aliphatic heterocycles. The molecule has 2 aliphatic rings. The summed E-state index contributed by atoms with van der Waals surface area (Å²) >= 11 is 0. The third-order valence-corrected chi connectivity index (χ3v) is 3.76. The molecule has 2 saturated heterocycles. The van der Waals surface area contributed by atoms with Crippen LogP contribution in [0.5, 0.6) is 0 Å². The highest BCUT2D eigenvalue weighted by Crippen LogP contribution is 2.20. The van der Waals surface area contributed by atoms with E-state index in [2.05, 4.69) is 5.32 Å². The summed E-state index contributed by atoms with van der Waals surface area (Å²) in [5.74, 6) is -0.260. The minimum atomic E-state index is -0.324. The molecule has 106 valence electrons. The summed E-state index contributed by atoms with van der Waals surface area (Å²) in [6, 6.07) is 1.19. The van der Waals surface area contributed by atoms with Crippen molar-refractivity contribution in [1.29, 1.82) is 0 Å². The number of hydrogen-bond acceptors (Lipinski definition) is 4. The minimum absolute atomic E-state index is 0.0746. The van der Waals surface area contributed by atoms with E-state index in [-0.39, 0.29) is 30.4 Å². The van der Waals surface area contributed by atoms with Crippen LogP contribution in [0, 0.1) is 0 Å². The number of amides is 4. The van der Waals surface area contributed by atoms with Crippen LogP contribution in [-0.2, 0) is 4.79 Å². The molecule has 0 saturated carbocycles. The van der Waals surface area contributed by atoms with E-state index in [0.717, 1.165) is 0 Å². The van der Waals surface area contributed by atoms with Crippen LogP contribution >= 0.6 is 0 Å². The van der Waals surface area contributed by atoms with Crippen molar-refractivity contribution in [2.24, 2.45) is 0 Å². The third kappa shape index (κ3) is 2.15. The van der Waals surface area contributed by atoms with Gasteiger partial charge in [-0.2, -0.15) is 0 Å². The summed E-state index contributed by atoms with van der Waals surface area (Å²) in [5.41, 5.74) is 0.526. The van der Waals surface area contributed by atoms with Crippen molar-refractivity contribution >= 4 is 17.8 Å². The maximum Gasteiger partial charge on any atom is 0.324 e. The van der Waals surface area contributed by atoms with Crippen LogP contribution < -0.4 is 5.32 Å². The lowest BCUT2D eigenvalue weighted by Gasteiger charge is -2.35. The van der Waals surface area contributed by atoms with Crippen LogP contribution in [0.15, 0.2) is 23.0 Å². The highest BCUT2D eigenvalue weighted by Gasteiger charge is 2.37. The van der Waals surface area contributed by atoms with Gasteiger partial charge in [0.25, 0.3) is 5.91 Å². The summed E-state index contributed by atoms with van der Waals surface area (Å²) in [6.45, 7) is 1.14. The predicted molar refractivity (Wildman–Crippen MR) is 67.9 cm³/mol. The number of urea groups is 1. The molecule has 0 bridgehead atoms. The predicted octanol–water partition coefficient (Wildman–Crippen LogP) is 0.436. The fourth-order valence-corrected chi connectivity index (χ4v) is 2.70. The molecule has 3 rings (SSSR count). The number of nitrogens with zero attached hydrogens (tertiary/aromatic N) is 2. The lowest BCUT2D eigenvalue weighted by molar-refractivity contribution is -0.127. The first-order valence-electron chi connectivity index (χ1n) is 6.58. The van der Waals surface area contributed by atoms with Crippen molar-refractivity contribution in [3.63, 3.8) is 0 Å². The average Bonchev–Trinajstić information content (AvgIpc) is 3.09. The van der Waals surface area contributed by atoms with E-state index in [4.69, 9.17) is 4.42 Å². The van der Waals surface area contributed by atoms with Gasteiger partial charge in [-0.15, -0.1) is 0 Å². The summed E-state index contributed by atoms with van der Waals surface area (Å²) in [4.78, 5) is 38.4. The molecule has 1 aromatic rings. The fraction of sp³-hybridized carbons (Fsp3) is 0.462. The largest absolute Gasteiger partial charge is 0.472 e. The quantitative estimate of drug-likeness (QED) is 0.795. The molecule has 1 N–H and O–H groups in total. The average molecular weight is 277 g/mol. The monoisotopic (exact) mass is 277 g/mol. The molecule has 2 fully saturated rings. The van der Waals surface area contributed by atoms with E-state index in [9.17, 15) is 14.4 Å². The maximum absolute atomic E-state index is 12.1. The molecule has 0 radical (unpaired) electrons. The van der Waals surface area contributed by atoms with Gasteiger partial charge in [0.1, 0.15) is 6.26 Å². The number of rotatable bonds is 2. The van der Waals surface area contributed by atoms with E-state index in [0.29, 0.717) is 31.5 Å². The highest BCUT2D eigenvalue weighted by atomic mass is 16.3. The standard InChI is InChI=1S/C13H15N3O4/c17-11-7-14-13(19)16(11)10-1-4-15(5-2-10)12(18)9-3-6-20-8-9/h3,6,8,10H,1-2,4-5,7H2,(H,14,19). The maximum atomic E-state index is 12.1. The van der Waals surface area contributed by atoms with Crippen LogP contribution in [0.25, 0.3) is 0 Å². The van der Waals surface area contributed by atoms with Gasteiger partial charge in [-0.25, -0.2) is 4.79 Å². The zero-order valence-corrected chi connectivity index (χ0v) is 10.9. The number of furan rings is 1. The molecule has 3 heterocycles. The Morgan fingerprint density at radius 3 is 2.60 bits per heavy atom. The first-order valence-corrected chi connectivity index (χ1v) is 6.58. The molecule has 1 aromatic heterocycles. The minimum Gasteiger partial charge on any atom is -0.472 e. The number of nitrogens with one attached hydrogen (secondary N) is 1. The Hall–Kier alpha value is -2.31. The molecule has 0 aromatic carbocycles. The Morgan fingerprint density at radius 1 is 1.30 bits per heavy atom. The van der Waals surface area contributed by atoms with Crippen molar-refractivity contribution in [2.75, 3.05) is 19.6 Å². The molecular formula is C13H15N3O4. The van der Waals surface area contributed by atoms with Gasteiger partial charge in [-0.3, -0.25) is 14.5 Å². The highest BCUT2D eigenvalue weighted by molar-refractivity contribution is 6.02. The van der Waals surface area contributed by atoms with Gasteiger partial charge in [0, 0.05) is 19.1 Å². The summed E-state index contributed by atoms with van der Waals surface area (Å²) in [5, 5.41) is 2.52. The van der Waals surface area contributed by atoms with Crippen LogP contribution in [0.3, 0.4) is 0 Å². The first kappa shape index (κ1) is 12.7. The molecule has 20 heavy (non-hydrogen) atoms. The van der Waals surface area contributed by atoms with E-state index < -0.39 is 0 Å². The van der Waals surface area contributed by atoms with Crippen molar-refractivity contribution in [1.82, 2.24) is 15.1 Å². The lowest BCUT2D eigenvalue weighted by atomic mass is 10.0. The van der Waals surface area contributed by atoms with Gasteiger partial charge in [0.05, 0.1) is 18.4 Å². The van der Waals surface area contributed by atoms with Crippen LogP contribution in [0.2, 0.25) is 0 Å². The second kappa shape index (κ2) is 4.99. The number of carbonyl (C=O) groups is 3. The molecule has 0 unspecified atom stereocenters. The Labute approximate surface area is 115 Å². The molecule has 0 aliphatic carbocycles. The van der Waals surface area contributed by atoms with Gasteiger partial charge in [-0.1, -0.05) is 0 Å². The van der Waals surface area contributed by atoms with Gasteiger partial charge in [0.2, 0.25) is 5.91 Å². The molecule has 7 nitrogen and oxygen atoms in total. The third-order valence-electron chi connectivity index (χ3n) is 3.76. The van der Waals surface area contributed by atoms with E-state index >= 15 is 0 Å². The van der Waals surface area contributed by atoms with Gasteiger partial charge >= 0.3 is 6.03 Å². The Bertz CT molecular complexity index is 516. The summed E-state index contributed by atoms with van der Waals surface area (Å²) < 4.78 is 4.90. The topological polar surface area (TPSA) is 82.9 Å². The van der Waals surface area contributed by atoms with Crippen LogP contribution in [-0.4, -0.2) is 53.3 Å². The van der Waals surface area contributed by atoms with E-state index in [1.807, 2.05) is 0 Å². The number of likely N-dealkylation sites (tertiary alicyclic amines) is 1. The lowest BCUT2D eigenvalue weighted by Crippen LogP contribution is -2.49. The van der Waals surface area contributed by atoms with Crippen molar-refractivity contribution in [3.05, 3.63) is 24.2 Å². The molecule has 0 atom stereocenters. The summed E-state index contributed by atoms with van der Waals surface area (Å²) in [6.07, 6.45) is 4.12. The second-order valence-corrected chi connectivity index (χ2v) is 4.96. The molecule has 0 spiro atoms. The van der Waals surface area contributed by atoms with Gasteiger partial charge in [-0.05, 0) is 18.9 Å². The van der Waals surface area contributed by atoms with E-state index in [1.54, 1.807) is 11.0 Å². The van der Waals surface area contributed by atoms with Gasteiger partial charge < -0.3 is 14.6 Å². The smallest absolute Gasteiger partial charge is 0.324 e. The Kier molecular flexibility index (Phi) is 3.17. The zero-order valence-electron chi connectivity index (χ0n) is 10.9. The number of hydrogen-bond donors (Lipinski definition) is 1. The SMILES string of the molecule is O=C(c1ccoc1)N1CCC(N2C(=O)CNC2=O)CC1. The van der Waals surface area contributed by atoms with Crippen LogP contribution in [0.4, 0.5) is 4.79 Å². The number of carbonyl (C=O) groups excluding carboxylic acids is 3. The van der Waals surface area contributed by atoms with Crippen molar-refractivity contribution < 1.29 is 18.8 Å². The second-order valence-electron chi connectivity index (χ2n) is 4.96. The molecule has 4 amide bonds. The van der Waals surface area contributed by atoms with Crippen molar-refractivity contribution in [2.45, 2.75) is 18.9 Å². The Morgan fingerprint density at radius 2 is 2.05 bits per heavy atom. The van der Waals surface area contributed by atoms with E-state index in [1.165, 1.54) is 17.4 Å². The number of piperidine rings is 1. The number of imide groups is 1.